The summed E-state index contributed by atoms with van der Waals surface area (Å²) in [6.45, 7) is 4.98. The van der Waals surface area contributed by atoms with Gasteiger partial charge >= 0.3 is 6.03 Å². The van der Waals surface area contributed by atoms with Crippen LogP contribution in [0.2, 0.25) is 5.02 Å². The van der Waals surface area contributed by atoms with Gasteiger partial charge in [-0.1, -0.05) is 11.6 Å². The van der Waals surface area contributed by atoms with Crippen molar-refractivity contribution in [2.75, 3.05) is 30.8 Å². The van der Waals surface area contributed by atoms with Crippen molar-refractivity contribution in [1.29, 1.82) is 0 Å². The second kappa shape index (κ2) is 8.76. The Morgan fingerprint density at radius 3 is 2.52 bits per heavy atom. The normalized spacial score (nSPS) is 18.2. The summed E-state index contributed by atoms with van der Waals surface area (Å²) in [7, 11) is 2.20. The Morgan fingerprint density at radius 1 is 1.26 bits per heavy atom. The smallest absolute Gasteiger partial charge is 0.324 e. The largest absolute Gasteiger partial charge is 1.00 e. The SMILES string of the molecule is CC[N+]1(C)CCc2c(sc(NC(=O)Nc3ccc(Cl)cc3)c2C(N)=O)C1.[I-]. The van der Waals surface area contributed by atoms with Crippen LogP contribution in [0.15, 0.2) is 24.3 Å². The van der Waals surface area contributed by atoms with E-state index in [0.717, 1.165) is 41.0 Å². The number of quaternary nitrogens is 1. The van der Waals surface area contributed by atoms with Crippen LogP contribution in [0, 0.1) is 0 Å². The lowest BCUT2D eigenvalue weighted by Crippen LogP contribution is -3.00. The van der Waals surface area contributed by atoms with Crippen molar-refractivity contribution in [2.24, 2.45) is 5.73 Å². The van der Waals surface area contributed by atoms with Crippen LogP contribution < -0.4 is 40.3 Å². The van der Waals surface area contributed by atoms with Gasteiger partial charge < -0.3 is 39.5 Å². The quantitative estimate of drug-likeness (QED) is 0.409. The van der Waals surface area contributed by atoms with Gasteiger partial charge in [-0.25, -0.2) is 4.79 Å². The molecule has 1 aliphatic rings. The number of carbonyl (C=O) groups excluding carboxylic acids is 2. The van der Waals surface area contributed by atoms with E-state index in [1.165, 1.54) is 11.3 Å². The predicted molar refractivity (Wildman–Crippen MR) is 106 cm³/mol. The third kappa shape index (κ3) is 4.92. The molecule has 0 fully saturated rings. The van der Waals surface area contributed by atoms with Gasteiger partial charge in [0.15, 0.2) is 0 Å². The van der Waals surface area contributed by atoms with Crippen molar-refractivity contribution in [3.63, 3.8) is 0 Å². The van der Waals surface area contributed by atoms with Crippen LogP contribution >= 0.6 is 22.9 Å². The lowest BCUT2D eigenvalue weighted by Gasteiger charge is -2.36. The average molecular weight is 521 g/mol. The molecule has 1 aromatic carbocycles. The molecule has 0 radical (unpaired) electrons. The highest BCUT2D eigenvalue weighted by Gasteiger charge is 2.33. The first-order valence-corrected chi connectivity index (χ1v) is 9.62. The van der Waals surface area contributed by atoms with Gasteiger partial charge in [-0.3, -0.25) is 10.1 Å². The maximum atomic E-state index is 12.3. The number of nitrogens with zero attached hydrogens (tertiary/aromatic N) is 1. The Morgan fingerprint density at radius 2 is 1.93 bits per heavy atom. The number of anilines is 2. The maximum absolute atomic E-state index is 12.3. The van der Waals surface area contributed by atoms with Crippen molar-refractivity contribution in [2.45, 2.75) is 19.9 Å². The molecule has 0 spiro atoms. The number of nitrogens with one attached hydrogen (secondary N) is 2. The Labute approximate surface area is 184 Å². The number of nitrogens with two attached hydrogens (primary N) is 1. The molecule has 2 aromatic rings. The summed E-state index contributed by atoms with van der Waals surface area (Å²) >= 11 is 7.29. The van der Waals surface area contributed by atoms with Crippen molar-refractivity contribution in [3.8, 4) is 0 Å². The molecule has 4 N–H and O–H groups in total. The summed E-state index contributed by atoms with van der Waals surface area (Å²) in [6.07, 6.45) is 0.787. The zero-order chi connectivity index (χ0) is 18.9. The first-order valence-electron chi connectivity index (χ1n) is 8.43. The second-order valence-electron chi connectivity index (χ2n) is 6.73. The van der Waals surface area contributed by atoms with Gasteiger partial charge in [-0.15, -0.1) is 11.3 Å². The Bertz CT molecular complexity index is 856. The van der Waals surface area contributed by atoms with Gasteiger partial charge in [0, 0.05) is 17.1 Å². The van der Waals surface area contributed by atoms with Crippen LogP contribution in [0.1, 0.15) is 27.7 Å². The number of fused-ring (bicyclic) bond motifs is 1. The van der Waals surface area contributed by atoms with Crippen molar-refractivity contribution in [3.05, 3.63) is 45.3 Å². The predicted octanol–water partition coefficient (Wildman–Crippen LogP) is 0.671. The summed E-state index contributed by atoms with van der Waals surface area (Å²) in [4.78, 5) is 25.5. The van der Waals surface area contributed by atoms with Gasteiger partial charge in [0.25, 0.3) is 5.91 Å². The van der Waals surface area contributed by atoms with Crippen LogP contribution in [0.5, 0.6) is 0 Å². The van der Waals surface area contributed by atoms with E-state index in [4.69, 9.17) is 17.3 Å². The van der Waals surface area contributed by atoms with Gasteiger partial charge in [-0.2, -0.15) is 0 Å². The molecule has 3 rings (SSSR count). The molecule has 0 saturated carbocycles. The second-order valence-corrected chi connectivity index (χ2v) is 8.27. The molecule has 3 amide bonds. The van der Waals surface area contributed by atoms with Crippen molar-refractivity contribution < 1.29 is 38.0 Å². The lowest BCUT2D eigenvalue weighted by molar-refractivity contribution is -0.922. The minimum absolute atomic E-state index is 0. The van der Waals surface area contributed by atoms with E-state index in [1.807, 2.05) is 0 Å². The molecular formula is C18H22ClIN4O2S. The third-order valence-corrected chi connectivity index (χ3v) is 6.24. The minimum Gasteiger partial charge on any atom is -1.00 e. The van der Waals surface area contributed by atoms with Gasteiger partial charge in [0.05, 0.1) is 30.6 Å². The van der Waals surface area contributed by atoms with Crippen LogP contribution in [0.25, 0.3) is 0 Å². The highest BCUT2D eigenvalue weighted by molar-refractivity contribution is 7.17. The number of halogens is 2. The van der Waals surface area contributed by atoms with Crippen LogP contribution in [-0.2, 0) is 13.0 Å². The van der Waals surface area contributed by atoms with Crippen LogP contribution in [0.3, 0.4) is 0 Å². The van der Waals surface area contributed by atoms with Gasteiger partial charge in [0.2, 0.25) is 0 Å². The number of carbonyl (C=O) groups is 2. The van der Waals surface area contributed by atoms with E-state index in [9.17, 15) is 9.59 Å². The molecule has 0 saturated heterocycles. The number of hydrogen-bond donors (Lipinski definition) is 3. The highest BCUT2D eigenvalue weighted by atomic mass is 127. The van der Waals surface area contributed by atoms with Crippen LogP contribution in [-0.4, -0.2) is 36.6 Å². The monoisotopic (exact) mass is 520 g/mol. The Hall–Kier alpha value is -1.36. The lowest BCUT2D eigenvalue weighted by atomic mass is 10.0. The van der Waals surface area contributed by atoms with E-state index in [-0.39, 0.29) is 24.0 Å². The zero-order valence-electron chi connectivity index (χ0n) is 15.1. The molecule has 1 aromatic heterocycles. The minimum atomic E-state index is -0.503. The topological polar surface area (TPSA) is 84.2 Å². The number of primary amides is 1. The fourth-order valence-corrected chi connectivity index (χ4v) is 4.67. The van der Waals surface area contributed by atoms with Crippen LogP contribution in [0.4, 0.5) is 15.5 Å². The number of urea groups is 1. The number of hydrogen-bond acceptors (Lipinski definition) is 3. The van der Waals surface area contributed by atoms with Gasteiger partial charge in [0.1, 0.15) is 11.5 Å². The average Bonchev–Trinajstić information content (AvgIpc) is 2.93. The Kier molecular flexibility index (Phi) is 7.12. The summed E-state index contributed by atoms with van der Waals surface area (Å²) in [6, 6.07) is 6.39. The van der Waals surface area contributed by atoms with E-state index in [2.05, 4.69) is 24.6 Å². The summed E-state index contributed by atoms with van der Waals surface area (Å²) in [5, 5.41) is 6.62. The molecule has 9 heteroatoms. The first-order chi connectivity index (χ1) is 12.3. The fourth-order valence-electron chi connectivity index (χ4n) is 3.13. The van der Waals surface area contributed by atoms with Crippen molar-refractivity contribution in [1.82, 2.24) is 0 Å². The van der Waals surface area contributed by atoms with E-state index < -0.39 is 11.9 Å². The summed E-state index contributed by atoms with van der Waals surface area (Å²) < 4.78 is 0.919. The molecule has 1 atom stereocenters. The van der Waals surface area contributed by atoms with Crippen molar-refractivity contribution >= 4 is 45.6 Å². The number of likely N-dealkylation sites (N-methyl/N-ethyl adjacent to an activating group) is 1. The molecule has 0 aliphatic carbocycles. The zero-order valence-corrected chi connectivity index (χ0v) is 18.9. The molecule has 27 heavy (non-hydrogen) atoms. The summed E-state index contributed by atoms with van der Waals surface area (Å²) in [5.41, 5.74) is 7.64. The van der Waals surface area contributed by atoms with E-state index >= 15 is 0 Å². The number of rotatable bonds is 4. The van der Waals surface area contributed by atoms with Gasteiger partial charge in [-0.05, 0) is 36.8 Å². The molecule has 2 heterocycles. The molecule has 1 unspecified atom stereocenters. The molecule has 6 nitrogen and oxygen atoms in total. The molecular weight excluding hydrogens is 499 g/mol. The fraction of sp³-hybridized carbons (Fsp3) is 0.333. The molecule has 0 bridgehead atoms. The molecule has 146 valence electrons. The number of thiophene rings is 1. The standard InChI is InChI=1S/C18H21ClN4O2S.HI/c1-3-23(2)9-8-13-14(10-23)26-17(15(13)16(20)24)22-18(25)21-12-6-4-11(19)5-7-12;/h4-7H,3,8-10H2,1-2H3,(H3-,20,21,22,24,25);1H. The Balaban J connectivity index is 0.00000261. The number of amides is 3. The number of benzene rings is 1. The molecule has 1 aliphatic heterocycles. The summed E-state index contributed by atoms with van der Waals surface area (Å²) in [5.74, 6) is -0.503. The first kappa shape index (κ1) is 21.9. The maximum Gasteiger partial charge on any atom is 0.324 e. The van der Waals surface area contributed by atoms with E-state index in [0.29, 0.717) is 21.3 Å². The van der Waals surface area contributed by atoms with E-state index in [1.54, 1.807) is 24.3 Å². The third-order valence-electron chi connectivity index (χ3n) is 4.86. The highest BCUT2D eigenvalue weighted by Crippen LogP contribution is 2.38.